The minimum absolute atomic E-state index is 0.210. The van der Waals surface area contributed by atoms with Gasteiger partial charge in [0.25, 0.3) is 5.91 Å². The first-order valence-corrected chi connectivity index (χ1v) is 8.03. The molecule has 0 saturated heterocycles. The maximum atomic E-state index is 12.4. The van der Waals surface area contributed by atoms with E-state index in [0.29, 0.717) is 5.56 Å². The number of nitrogens with one attached hydrogen (secondary N) is 1. The number of rotatable bonds is 3. The monoisotopic (exact) mass is 366 g/mol. The van der Waals surface area contributed by atoms with Gasteiger partial charge in [-0.2, -0.15) is 5.10 Å². The zero-order chi connectivity index (χ0) is 16.2. The lowest BCUT2D eigenvalue weighted by Gasteiger charge is -2.06. The summed E-state index contributed by atoms with van der Waals surface area (Å²) in [6, 6.07) is 21.3. The lowest BCUT2D eigenvalue weighted by molar-refractivity contribution is 0.0956. The van der Waals surface area contributed by atoms with Crippen molar-refractivity contribution in [1.29, 1.82) is 0 Å². The van der Waals surface area contributed by atoms with Gasteiger partial charge in [-0.1, -0.05) is 64.5 Å². The molecule has 0 spiro atoms. The van der Waals surface area contributed by atoms with Gasteiger partial charge >= 0.3 is 0 Å². The molecule has 0 fully saturated rings. The quantitative estimate of drug-likeness (QED) is 0.527. The Morgan fingerprint density at radius 3 is 2.43 bits per heavy atom. The fourth-order valence-electron chi connectivity index (χ4n) is 2.37. The molecule has 0 atom stereocenters. The van der Waals surface area contributed by atoms with Crippen molar-refractivity contribution >= 4 is 38.3 Å². The van der Waals surface area contributed by atoms with Crippen LogP contribution in [0.3, 0.4) is 0 Å². The summed E-state index contributed by atoms with van der Waals surface area (Å²) in [6.45, 7) is 1.87. The molecule has 0 saturated carbocycles. The number of halogens is 1. The van der Waals surface area contributed by atoms with Crippen LogP contribution in [-0.2, 0) is 0 Å². The highest BCUT2D eigenvalue weighted by molar-refractivity contribution is 9.10. The van der Waals surface area contributed by atoms with E-state index < -0.39 is 0 Å². The van der Waals surface area contributed by atoms with Crippen molar-refractivity contribution in [3.63, 3.8) is 0 Å². The van der Waals surface area contributed by atoms with E-state index in [9.17, 15) is 4.79 Å². The normalized spacial score (nSPS) is 11.5. The first kappa shape index (κ1) is 15.4. The van der Waals surface area contributed by atoms with Gasteiger partial charge in [0, 0.05) is 10.0 Å². The van der Waals surface area contributed by atoms with Crippen LogP contribution in [-0.4, -0.2) is 11.6 Å². The summed E-state index contributed by atoms with van der Waals surface area (Å²) < 4.78 is 1.01. The minimum atomic E-state index is -0.210. The third-order valence-electron chi connectivity index (χ3n) is 3.62. The third kappa shape index (κ3) is 3.48. The number of hydrogen-bond donors (Lipinski definition) is 1. The Kier molecular flexibility index (Phi) is 4.53. The molecule has 0 aliphatic rings. The van der Waals surface area contributed by atoms with Gasteiger partial charge in [0.2, 0.25) is 0 Å². The van der Waals surface area contributed by atoms with Crippen LogP contribution in [0.15, 0.2) is 76.3 Å². The molecule has 1 N–H and O–H groups in total. The standard InChI is InChI=1S/C19H15BrN2O/c1-13(14-9-11-16(20)12-10-14)21-22-19(23)18-8-4-6-15-5-2-3-7-17(15)18/h2-12H,1H3,(H,22,23)/b21-13-. The molecule has 0 aromatic heterocycles. The van der Waals surface area contributed by atoms with Crippen LogP contribution < -0.4 is 5.43 Å². The number of carbonyl (C=O) groups excluding carboxylic acids is 1. The lowest BCUT2D eigenvalue weighted by Crippen LogP contribution is -2.19. The summed E-state index contributed by atoms with van der Waals surface area (Å²) in [6.07, 6.45) is 0. The molecule has 3 aromatic rings. The Morgan fingerprint density at radius 2 is 1.65 bits per heavy atom. The van der Waals surface area contributed by atoms with Crippen molar-refractivity contribution in [3.05, 3.63) is 82.3 Å². The van der Waals surface area contributed by atoms with Crippen molar-refractivity contribution in [3.8, 4) is 0 Å². The van der Waals surface area contributed by atoms with Gasteiger partial charge < -0.3 is 0 Å². The van der Waals surface area contributed by atoms with Crippen LogP contribution in [0.4, 0.5) is 0 Å². The topological polar surface area (TPSA) is 41.5 Å². The summed E-state index contributed by atoms with van der Waals surface area (Å²) >= 11 is 3.40. The van der Waals surface area contributed by atoms with E-state index in [1.54, 1.807) is 0 Å². The number of amides is 1. The second-order valence-corrected chi connectivity index (χ2v) is 6.09. The predicted octanol–water partition coefficient (Wildman–Crippen LogP) is 4.76. The van der Waals surface area contributed by atoms with Gasteiger partial charge in [-0.3, -0.25) is 4.79 Å². The molecule has 3 aromatic carbocycles. The van der Waals surface area contributed by atoms with Crippen molar-refractivity contribution in [2.45, 2.75) is 6.92 Å². The molecule has 114 valence electrons. The Balaban J connectivity index is 1.83. The Labute approximate surface area is 143 Å². The molecule has 0 aliphatic heterocycles. The fourth-order valence-corrected chi connectivity index (χ4v) is 2.64. The lowest BCUT2D eigenvalue weighted by atomic mass is 10.0. The summed E-state index contributed by atoms with van der Waals surface area (Å²) in [5.74, 6) is -0.210. The minimum Gasteiger partial charge on any atom is -0.267 e. The van der Waals surface area contributed by atoms with Crippen LogP contribution in [0.5, 0.6) is 0 Å². The van der Waals surface area contributed by atoms with Crippen LogP contribution in [0.25, 0.3) is 10.8 Å². The fraction of sp³-hybridized carbons (Fsp3) is 0.0526. The Morgan fingerprint density at radius 1 is 0.957 bits per heavy atom. The van der Waals surface area contributed by atoms with Crippen LogP contribution in [0, 0.1) is 0 Å². The molecule has 0 bridgehead atoms. The van der Waals surface area contributed by atoms with E-state index in [4.69, 9.17) is 0 Å². The van der Waals surface area contributed by atoms with E-state index >= 15 is 0 Å². The summed E-state index contributed by atoms with van der Waals surface area (Å²) in [5.41, 5.74) is 4.98. The molecule has 1 amide bonds. The highest BCUT2D eigenvalue weighted by Gasteiger charge is 2.09. The number of nitrogens with zero attached hydrogens (tertiary/aromatic N) is 1. The van der Waals surface area contributed by atoms with E-state index in [1.807, 2.05) is 73.7 Å². The van der Waals surface area contributed by atoms with Crippen LogP contribution >= 0.6 is 15.9 Å². The van der Waals surface area contributed by atoms with Crippen molar-refractivity contribution in [1.82, 2.24) is 5.43 Å². The summed E-state index contributed by atoms with van der Waals surface area (Å²) in [7, 11) is 0. The SMILES string of the molecule is C/C(=N/NC(=O)c1cccc2ccccc12)c1ccc(Br)cc1. The Hall–Kier alpha value is -2.46. The molecule has 0 heterocycles. The molecule has 3 rings (SSSR count). The average Bonchev–Trinajstić information content (AvgIpc) is 2.59. The van der Waals surface area contributed by atoms with Gasteiger partial charge in [0.1, 0.15) is 0 Å². The maximum Gasteiger partial charge on any atom is 0.272 e. The smallest absolute Gasteiger partial charge is 0.267 e. The predicted molar refractivity (Wildman–Crippen MR) is 97.8 cm³/mol. The number of carbonyl (C=O) groups is 1. The maximum absolute atomic E-state index is 12.4. The van der Waals surface area contributed by atoms with Gasteiger partial charge in [-0.05, 0) is 41.5 Å². The molecule has 23 heavy (non-hydrogen) atoms. The largest absolute Gasteiger partial charge is 0.272 e. The second kappa shape index (κ2) is 6.75. The molecule has 4 heteroatoms. The summed E-state index contributed by atoms with van der Waals surface area (Å²) in [4.78, 5) is 12.4. The Bertz CT molecular complexity index is 880. The summed E-state index contributed by atoms with van der Waals surface area (Å²) in [5, 5.41) is 6.17. The van der Waals surface area contributed by atoms with Crippen molar-refractivity contribution in [2.75, 3.05) is 0 Å². The van der Waals surface area contributed by atoms with E-state index in [1.165, 1.54) is 0 Å². The number of hydrogen-bond acceptors (Lipinski definition) is 2. The van der Waals surface area contributed by atoms with E-state index in [0.717, 1.165) is 26.5 Å². The van der Waals surface area contributed by atoms with E-state index in [2.05, 4.69) is 26.5 Å². The average molecular weight is 367 g/mol. The highest BCUT2D eigenvalue weighted by Crippen LogP contribution is 2.18. The number of hydrazone groups is 1. The first-order valence-electron chi connectivity index (χ1n) is 7.23. The highest BCUT2D eigenvalue weighted by atomic mass is 79.9. The van der Waals surface area contributed by atoms with Gasteiger partial charge in [0.15, 0.2) is 0 Å². The van der Waals surface area contributed by atoms with Crippen molar-refractivity contribution in [2.24, 2.45) is 5.10 Å². The van der Waals surface area contributed by atoms with Crippen molar-refractivity contribution < 1.29 is 4.79 Å². The molecular weight excluding hydrogens is 352 g/mol. The van der Waals surface area contributed by atoms with Gasteiger partial charge in [-0.25, -0.2) is 5.43 Å². The molecule has 3 nitrogen and oxygen atoms in total. The molecule has 0 radical (unpaired) electrons. The zero-order valence-electron chi connectivity index (χ0n) is 12.6. The van der Waals surface area contributed by atoms with Crippen LogP contribution in [0.2, 0.25) is 0 Å². The van der Waals surface area contributed by atoms with Crippen LogP contribution in [0.1, 0.15) is 22.8 Å². The molecule has 0 aliphatic carbocycles. The van der Waals surface area contributed by atoms with Gasteiger partial charge in [-0.15, -0.1) is 0 Å². The number of fused-ring (bicyclic) bond motifs is 1. The molecule has 0 unspecified atom stereocenters. The third-order valence-corrected chi connectivity index (χ3v) is 4.15. The van der Waals surface area contributed by atoms with E-state index in [-0.39, 0.29) is 5.91 Å². The number of benzene rings is 3. The zero-order valence-corrected chi connectivity index (χ0v) is 14.2. The first-order chi connectivity index (χ1) is 11.1. The molecular formula is C19H15BrN2O. The second-order valence-electron chi connectivity index (χ2n) is 5.17. The van der Waals surface area contributed by atoms with Gasteiger partial charge in [0.05, 0.1) is 5.71 Å².